The fourth-order valence-electron chi connectivity index (χ4n) is 1.23. The second-order valence-electron chi connectivity index (χ2n) is 3.44. The molecule has 0 atom stereocenters. The Hall–Kier alpha value is -0.750. The molecule has 0 bridgehead atoms. The summed E-state index contributed by atoms with van der Waals surface area (Å²) in [5.74, 6) is 0. The summed E-state index contributed by atoms with van der Waals surface area (Å²) in [6.45, 7) is 3.28. The van der Waals surface area contributed by atoms with E-state index in [4.69, 9.17) is 0 Å². The van der Waals surface area contributed by atoms with Gasteiger partial charge in [0.25, 0.3) is 0 Å². The Labute approximate surface area is 98.0 Å². The van der Waals surface area contributed by atoms with Crippen LogP contribution in [0.25, 0.3) is 0 Å². The smallest absolute Gasteiger partial charge is 0.251 e. The third-order valence-electron chi connectivity index (χ3n) is 1.96. The maximum atomic E-state index is 12.2. The molecule has 0 amide bonds. The van der Waals surface area contributed by atoms with Crippen LogP contribution in [0.2, 0.25) is 0 Å². The molecule has 2 nitrogen and oxygen atoms in total. The molecular formula is C10H13F3N2S. The number of rotatable bonds is 4. The minimum atomic E-state index is -4.37. The van der Waals surface area contributed by atoms with Crippen molar-refractivity contribution in [2.45, 2.75) is 26.1 Å². The first-order valence-electron chi connectivity index (χ1n) is 4.89. The highest BCUT2D eigenvalue weighted by molar-refractivity contribution is 7.77. The van der Waals surface area contributed by atoms with Crippen LogP contribution in [0.3, 0.4) is 0 Å². The maximum Gasteiger partial charge on any atom is 0.433 e. The molecule has 1 aromatic heterocycles. The number of hydrogen-bond acceptors (Lipinski definition) is 3. The summed E-state index contributed by atoms with van der Waals surface area (Å²) < 4.78 is 38.4. The molecule has 0 saturated carbocycles. The minimum Gasteiger partial charge on any atom is -0.251 e. The SMILES string of the molecule is CCCN(S)Cc1ccc(C(F)(F)F)nc1. The van der Waals surface area contributed by atoms with Gasteiger partial charge in [-0.25, -0.2) is 4.31 Å². The predicted octanol–water partition coefficient (Wildman–Crippen LogP) is 3.16. The van der Waals surface area contributed by atoms with Crippen LogP contribution in [0.15, 0.2) is 18.3 Å². The highest BCUT2D eigenvalue weighted by Gasteiger charge is 2.31. The number of nitrogens with zero attached hydrogens (tertiary/aromatic N) is 2. The lowest BCUT2D eigenvalue weighted by Crippen LogP contribution is -2.13. The van der Waals surface area contributed by atoms with Gasteiger partial charge in [0.15, 0.2) is 0 Å². The number of pyridine rings is 1. The summed E-state index contributed by atoms with van der Waals surface area (Å²) in [6.07, 6.45) is -2.19. The molecule has 0 aliphatic heterocycles. The maximum absolute atomic E-state index is 12.2. The molecule has 0 aliphatic rings. The zero-order chi connectivity index (χ0) is 12.2. The first-order chi connectivity index (χ1) is 7.43. The predicted molar refractivity (Wildman–Crippen MR) is 58.9 cm³/mol. The van der Waals surface area contributed by atoms with Crippen LogP contribution < -0.4 is 0 Å². The first-order valence-corrected chi connectivity index (χ1v) is 5.29. The molecule has 1 rings (SSSR count). The lowest BCUT2D eigenvalue weighted by Gasteiger charge is -2.14. The van der Waals surface area contributed by atoms with Crippen molar-refractivity contribution < 1.29 is 13.2 Å². The third-order valence-corrected chi connectivity index (χ3v) is 2.30. The Kier molecular flexibility index (Phi) is 4.61. The van der Waals surface area contributed by atoms with Crippen molar-refractivity contribution >= 4 is 12.8 Å². The van der Waals surface area contributed by atoms with E-state index in [0.29, 0.717) is 6.54 Å². The summed E-state index contributed by atoms with van der Waals surface area (Å²) in [7, 11) is 0. The third kappa shape index (κ3) is 4.02. The van der Waals surface area contributed by atoms with Crippen LogP contribution in [0.1, 0.15) is 24.6 Å². The van der Waals surface area contributed by atoms with Gasteiger partial charge in [0.2, 0.25) is 0 Å². The summed E-state index contributed by atoms with van der Waals surface area (Å²) >= 11 is 4.19. The highest BCUT2D eigenvalue weighted by atomic mass is 32.1. The van der Waals surface area contributed by atoms with Crippen molar-refractivity contribution in [3.63, 3.8) is 0 Å². The molecule has 0 N–H and O–H groups in total. The molecule has 1 heterocycles. The average Bonchev–Trinajstić information content (AvgIpc) is 2.17. The van der Waals surface area contributed by atoms with E-state index in [1.54, 1.807) is 4.31 Å². The lowest BCUT2D eigenvalue weighted by molar-refractivity contribution is -0.141. The molecule has 0 aromatic carbocycles. The normalized spacial score (nSPS) is 12.1. The van der Waals surface area contributed by atoms with Crippen LogP contribution in [0.5, 0.6) is 0 Å². The fraction of sp³-hybridized carbons (Fsp3) is 0.500. The van der Waals surface area contributed by atoms with Gasteiger partial charge in [0, 0.05) is 19.3 Å². The van der Waals surface area contributed by atoms with Crippen LogP contribution in [0, 0.1) is 0 Å². The monoisotopic (exact) mass is 250 g/mol. The molecule has 16 heavy (non-hydrogen) atoms. The molecule has 6 heteroatoms. The molecule has 0 fully saturated rings. The van der Waals surface area contributed by atoms with Gasteiger partial charge in [0.05, 0.1) is 0 Å². The van der Waals surface area contributed by atoms with Gasteiger partial charge in [-0.1, -0.05) is 25.8 Å². The molecule has 0 unspecified atom stereocenters. The number of halogens is 3. The molecule has 0 radical (unpaired) electrons. The first kappa shape index (κ1) is 13.3. The van der Waals surface area contributed by atoms with E-state index in [2.05, 4.69) is 17.8 Å². The van der Waals surface area contributed by atoms with Crippen molar-refractivity contribution in [2.75, 3.05) is 6.54 Å². The van der Waals surface area contributed by atoms with E-state index in [1.807, 2.05) is 6.92 Å². The Balaban J connectivity index is 2.65. The summed E-state index contributed by atoms with van der Waals surface area (Å²) in [5, 5.41) is 0. The Morgan fingerprint density at radius 1 is 1.38 bits per heavy atom. The van der Waals surface area contributed by atoms with Crippen LogP contribution in [-0.4, -0.2) is 15.8 Å². The van der Waals surface area contributed by atoms with Crippen LogP contribution in [-0.2, 0) is 12.7 Å². The van der Waals surface area contributed by atoms with Crippen molar-refractivity contribution in [3.8, 4) is 0 Å². The second kappa shape index (κ2) is 5.54. The molecular weight excluding hydrogens is 237 g/mol. The standard InChI is InChI=1S/C10H13F3N2S/c1-2-5-15(16)7-8-3-4-9(14-6-8)10(11,12)13/h3-4,6,16H,2,5,7H2,1H3. The van der Waals surface area contributed by atoms with E-state index in [1.165, 1.54) is 12.3 Å². The number of thiol groups is 1. The topological polar surface area (TPSA) is 16.1 Å². The second-order valence-corrected chi connectivity index (χ2v) is 4.00. The number of alkyl halides is 3. The lowest BCUT2D eigenvalue weighted by atomic mass is 10.2. The van der Waals surface area contributed by atoms with Crippen molar-refractivity contribution in [3.05, 3.63) is 29.6 Å². The van der Waals surface area contributed by atoms with E-state index in [9.17, 15) is 13.2 Å². The van der Waals surface area contributed by atoms with Crippen molar-refractivity contribution in [1.82, 2.24) is 9.29 Å². The zero-order valence-corrected chi connectivity index (χ0v) is 9.72. The van der Waals surface area contributed by atoms with E-state index in [0.717, 1.165) is 24.6 Å². The molecule has 0 aliphatic carbocycles. The number of aromatic nitrogens is 1. The van der Waals surface area contributed by atoms with E-state index >= 15 is 0 Å². The van der Waals surface area contributed by atoms with Crippen LogP contribution in [0.4, 0.5) is 13.2 Å². The fourth-order valence-corrected chi connectivity index (χ4v) is 1.60. The van der Waals surface area contributed by atoms with Gasteiger partial charge in [-0.3, -0.25) is 4.98 Å². The average molecular weight is 250 g/mol. The zero-order valence-electron chi connectivity index (χ0n) is 8.83. The molecule has 0 spiro atoms. The molecule has 90 valence electrons. The van der Waals surface area contributed by atoms with E-state index in [-0.39, 0.29) is 0 Å². The Morgan fingerprint density at radius 2 is 2.06 bits per heavy atom. The van der Waals surface area contributed by atoms with E-state index < -0.39 is 11.9 Å². The number of hydrogen-bond donors (Lipinski definition) is 1. The van der Waals surface area contributed by atoms with Gasteiger partial charge in [0.1, 0.15) is 5.69 Å². The van der Waals surface area contributed by atoms with Gasteiger partial charge in [-0.05, 0) is 18.1 Å². The van der Waals surface area contributed by atoms with Gasteiger partial charge >= 0.3 is 6.18 Å². The quantitative estimate of drug-likeness (QED) is 0.826. The van der Waals surface area contributed by atoms with Crippen molar-refractivity contribution in [1.29, 1.82) is 0 Å². The van der Waals surface area contributed by atoms with Gasteiger partial charge in [-0.2, -0.15) is 13.2 Å². The Morgan fingerprint density at radius 3 is 2.50 bits per heavy atom. The summed E-state index contributed by atoms with van der Waals surface area (Å²) in [4.78, 5) is 3.38. The largest absolute Gasteiger partial charge is 0.433 e. The summed E-state index contributed by atoms with van der Waals surface area (Å²) in [6, 6.07) is 2.41. The van der Waals surface area contributed by atoms with Gasteiger partial charge in [-0.15, -0.1) is 0 Å². The summed E-state index contributed by atoms with van der Waals surface area (Å²) in [5.41, 5.74) is -0.145. The molecule has 0 saturated heterocycles. The van der Waals surface area contributed by atoms with Gasteiger partial charge < -0.3 is 0 Å². The minimum absolute atomic E-state index is 0.488. The highest BCUT2D eigenvalue weighted by Crippen LogP contribution is 2.27. The van der Waals surface area contributed by atoms with Crippen LogP contribution >= 0.6 is 12.8 Å². The Bertz CT molecular complexity index is 324. The molecule has 1 aromatic rings. The van der Waals surface area contributed by atoms with Crippen molar-refractivity contribution in [2.24, 2.45) is 0 Å².